The lowest BCUT2D eigenvalue weighted by atomic mass is 9.99. The zero-order chi connectivity index (χ0) is 19.8. The van der Waals surface area contributed by atoms with Crippen molar-refractivity contribution in [1.29, 1.82) is 0 Å². The zero-order valence-corrected chi connectivity index (χ0v) is 16.0. The number of piperidine rings is 1. The Morgan fingerprint density at radius 3 is 2.96 bits per heavy atom. The molecular weight excluding hydrogens is 338 g/mol. The van der Waals surface area contributed by atoms with E-state index < -0.39 is 5.43 Å². The van der Waals surface area contributed by atoms with E-state index in [1.165, 1.54) is 13.5 Å². The number of H-pyrrole nitrogens is 1. The van der Waals surface area contributed by atoms with Gasteiger partial charge < -0.3 is 14.6 Å². The van der Waals surface area contributed by atoms with Crippen LogP contribution >= 0.6 is 0 Å². The molecule has 0 radical (unpaired) electrons. The Morgan fingerprint density at radius 2 is 2.19 bits per heavy atom. The molecule has 0 saturated carbocycles. The van der Waals surface area contributed by atoms with E-state index in [-0.39, 0.29) is 11.8 Å². The van der Waals surface area contributed by atoms with E-state index in [1.54, 1.807) is 6.92 Å². The first-order chi connectivity index (χ1) is 13.5. The van der Waals surface area contributed by atoms with Gasteiger partial charge in [-0.2, -0.15) is 0 Å². The number of nitrogens with zero attached hydrogens (tertiary/aromatic N) is 2. The third-order valence-corrected chi connectivity index (χ3v) is 5.23. The number of fused-ring (bicyclic) bond motifs is 1. The molecule has 4 rings (SSSR count). The number of aromatic nitrogens is 2. The van der Waals surface area contributed by atoms with Gasteiger partial charge in [-0.3, -0.25) is 4.79 Å². The third-order valence-electron chi connectivity index (χ3n) is 5.23. The smallest absolute Gasteiger partial charge is 0.224 e. The number of nitrogens with one attached hydrogen (secondary N) is 1. The molecule has 0 spiro atoms. The molecule has 140 valence electrons. The summed E-state index contributed by atoms with van der Waals surface area (Å²) in [7, 11) is 1.45. The minimum absolute atomic E-state index is 0.0918. The maximum absolute atomic E-state index is 12.7. The van der Waals surface area contributed by atoms with Gasteiger partial charge in [-0.1, -0.05) is 25.1 Å². The number of anilines is 1. The van der Waals surface area contributed by atoms with Crippen LogP contribution in [0.5, 0.6) is 5.75 Å². The van der Waals surface area contributed by atoms with Crippen LogP contribution in [-0.4, -0.2) is 30.2 Å². The van der Waals surface area contributed by atoms with Crippen LogP contribution in [-0.2, 0) is 0 Å². The highest BCUT2D eigenvalue weighted by atomic mass is 16.5. The normalized spacial score (nSPS) is 17.8. The van der Waals surface area contributed by atoms with Gasteiger partial charge in [0.15, 0.2) is 5.75 Å². The molecule has 27 heavy (non-hydrogen) atoms. The molecule has 0 amide bonds. The highest BCUT2D eigenvalue weighted by Crippen LogP contribution is 2.34. The number of aryl methyl sites for hydroxylation is 1. The molecule has 1 aliphatic rings. The van der Waals surface area contributed by atoms with Gasteiger partial charge in [0.05, 0.1) is 25.4 Å². The SMILES string of the molecule is [2H]c1c(-c2cc3ccccc3nc2N2CCC[C@@H](C)C2)[nH]c(C)c(OC)c1=O. The van der Waals surface area contributed by atoms with Gasteiger partial charge >= 0.3 is 0 Å². The molecule has 1 aromatic carbocycles. The van der Waals surface area contributed by atoms with Crippen molar-refractivity contribution in [3.63, 3.8) is 0 Å². The van der Waals surface area contributed by atoms with Crippen LogP contribution in [0.4, 0.5) is 5.82 Å². The average Bonchev–Trinajstić information content (AvgIpc) is 2.70. The van der Waals surface area contributed by atoms with Gasteiger partial charge in [-0.25, -0.2) is 4.98 Å². The molecule has 3 heterocycles. The predicted molar refractivity (Wildman–Crippen MR) is 110 cm³/mol. The molecule has 1 N–H and O–H groups in total. The number of ether oxygens (including phenoxy) is 1. The number of para-hydroxylation sites is 1. The number of hydrogen-bond donors (Lipinski definition) is 1. The van der Waals surface area contributed by atoms with Crippen LogP contribution in [0.1, 0.15) is 26.8 Å². The first-order valence-corrected chi connectivity index (χ1v) is 9.42. The summed E-state index contributed by atoms with van der Waals surface area (Å²) in [5.74, 6) is 1.61. The van der Waals surface area contributed by atoms with Crippen molar-refractivity contribution in [1.82, 2.24) is 9.97 Å². The van der Waals surface area contributed by atoms with Crippen LogP contribution in [0.15, 0.2) is 41.2 Å². The second-order valence-electron chi connectivity index (χ2n) is 7.36. The highest BCUT2D eigenvalue weighted by molar-refractivity contribution is 5.89. The fraction of sp³-hybridized carbons (Fsp3) is 0.364. The average molecular weight is 364 g/mol. The number of pyridine rings is 2. The second-order valence-corrected chi connectivity index (χ2v) is 7.36. The first kappa shape index (κ1) is 16.4. The number of benzene rings is 1. The van der Waals surface area contributed by atoms with Gasteiger partial charge in [-0.15, -0.1) is 0 Å². The van der Waals surface area contributed by atoms with Crippen molar-refractivity contribution >= 4 is 16.7 Å². The summed E-state index contributed by atoms with van der Waals surface area (Å²) < 4.78 is 13.7. The van der Waals surface area contributed by atoms with E-state index in [1.807, 2.05) is 30.3 Å². The monoisotopic (exact) mass is 364 g/mol. The van der Waals surface area contributed by atoms with E-state index >= 15 is 0 Å². The Balaban J connectivity index is 1.98. The highest BCUT2D eigenvalue weighted by Gasteiger charge is 2.22. The van der Waals surface area contributed by atoms with Crippen molar-refractivity contribution < 1.29 is 6.11 Å². The zero-order valence-electron chi connectivity index (χ0n) is 17.0. The number of methoxy groups -OCH3 is 1. The van der Waals surface area contributed by atoms with Crippen molar-refractivity contribution in [3.8, 4) is 17.0 Å². The minimum Gasteiger partial charge on any atom is -0.491 e. The second kappa shape index (κ2) is 7.06. The number of hydrogen-bond acceptors (Lipinski definition) is 4. The van der Waals surface area contributed by atoms with Gasteiger partial charge in [0.25, 0.3) is 0 Å². The van der Waals surface area contributed by atoms with Crippen LogP contribution in [0.3, 0.4) is 0 Å². The van der Waals surface area contributed by atoms with Gasteiger partial charge in [0.1, 0.15) is 5.82 Å². The minimum atomic E-state index is -0.403. The molecule has 0 bridgehead atoms. The summed E-state index contributed by atoms with van der Waals surface area (Å²) in [6.07, 6.45) is 2.32. The van der Waals surface area contributed by atoms with E-state index in [4.69, 9.17) is 11.1 Å². The lowest BCUT2D eigenvalue weighted by Gasteiger charge is -2.33. The van der Waals surface area contributed by atoms with E-state index in [9.17, 15) is 4.79 Å². The van der Waals surface area contributed by atoms with Gasteiger partial charge in [0, 0.05) is 30.1 Å². The summed E-state index contributed by atoms with van der Waals surface area (Å²) in [6.45, 7) is 5.89. The van der Waals surface area contributed by atoms with Gasteiger partial charge in [0.2, 0.25) is 5.43 Å². The maximum atomic E-state index is 12.7. The fourth-order valence-corrected chi connectivity index (χ4v) is 3.91. The molecule has 1 fully saturated rings. The molecule has 5 nitrogen and oxygen atoms in total. The van der Waals surface area contributed by atoms with Gasteiger partial charge in [-0.05, 0) is 37.8 Å². The Kier molecular flexibility index (Phi) is 4.28. The lowest BCUT2D eigenvalue weighted by Crippen LogP contribution is -2.35. The van der Waals surface area contributed by atoms with Crippen LogP contribution in [0.25, 0.3) is 22.2 Å². The molecule has 1 aliphatic heterocycles. The van der Waals surface area contributed by atoms with Crippen LogP contribution in [0.2, 0.25) is 0 Å². The molecule has 0 unspecified atom stereocenters. The summed E-state index contributed by atoms with van der Waals surface area (Å²) in [5.41, 5.74) is 2.42. The molecule has 1 atom stereocenters. The molecular formula is C22H25N3O2. The van der Waals surface area contributed by atoms with Crippen molar-refractivity contribution in [2.45, 2.75) is 26.7 Å². The molecule has 1 saturated heterocycles. The maximum Gasteiger partial charge on any atom is 0.224 e. The van der Waals surface area contributed by atoms with Crippen LogP contribution in [0, 0.1) is 12.8 Å². The summed E-state index contributed by atoms with van der Waals surface area (Å²) in [6, 6.07) is 9.90. The number of aromatic amines is 1. The predicted octanol–water partition coefficient (Wildman–Crippen LogP) is 4.14. The topological polar surface area (TPSA) is 58.2 Å². The van der Waals surface area contributed by atoms with E-state index in [2.05, 4.69) is 16.8 Å². The summed E-state index contributed by atoms with van der Waals surface area (Å²) in [5, 5.41) is 0.986. The molecule has 3 aromatic rings. The standard InChI is InChI=1S/C22H25N3O2/c1-14-7-6-10-25(13-14)22-17(11-16-8-4-5-9-18(16)24-22)19-12-20(26)21(27-3)15(2)23-19/h4-5,8-9,11-12,14H,6-7,10,13H2,1-3H3,(H,23,26)/t14-/m1/s1/i12D. The lowest BCUT2D eigenvalue weighted by molar-refractivity contribution is 0.405. The summed E-state index contributed by atoms with van der Waals surface area (Å²) >= 11 is 0. The van der Waals surface area contributed by atoms with E-state index in [0.717, 1.165) is 41.8 Å². The third kappa shape index (κ3) is 3.29. The number of rotatable bonds is 3. The Hall–Kier alpha value is -2.82. The molecule has 0 aliphatic carbocycles. The summed E-state index contributed by atoms with van der Waals surface area (Å²) in [4.78, 5) is 23.1. The van der Waals surface area contributed by atoms with Crippen molar-refractivity contribution in [2.75, 3.05) is 25.1 Å². The first-order valence-electron chi connectivity index (χ1n) is 9.92. The van der Waals surface area contributed by atoms with Crippen molar-refractivity contribution in [2.24, 2.45) is 5.92 Å². The van der Waals surface area contributed by atoms with Crippen LogP contribution < -0.4 is 15.1 Å². The Bertz CT molecular complexity index is 1090. The Morgan fingerprint density at radius 1 is 1.37 bits per heavy atom. The van der Waals surface area contributed by atoms with Crippen molar-refractivity contribution in [3.05, 3.63) is 52.3 Å². The fourth-order valence-electron chi connectivity index (χ4n) is 3.91. The largest absolute Gasteiger partial charge is 0.491 e. The Labute approximate surface area is 160 Å². The molecule has 5 heteroatoms. The molecule has 2 aromatic heterocycles. The quantitative estimate of drug-likeness (QED) is 0.759. The van der Waals surface area contributed by atoms with E-state index in [0.29, 0.717) is 17.3 Å².